The van der Waals surface area contributed by atoms with E-state index in [1.54, 1.807) is 32.2 Å². The van der Waals surface area contributed by atoms with E-state index in [1.165, 1.54) is 11.0 Å². The molecule has 0 heterocycles. The lowest BCUT2D eigenvalue weighted by Crippen LogP contribution is -2.37. The minimum absolute atomic E-state index is 0.111. The largest absolute Gasteiger partial charge is 0.508 e. The van der Waals surface area contributed by atoms with Gasteiger partial charge < -0.3 is 15.7 Å². The van der Waals surface area contributed by atoms with Gasteiger partial charge in [-0.05, 0) is 19.1 Å². The molecule has 1 rings (SSSR count). The summed E-state index contributed by atoms with van der Waals surface area (Å²) in [4.78, 5) is 13.5. The first-order valence-corrected chi connectivity index (χ1v) is 5.20. The van der Waals surface area contributed by atoms with Gasteiger partial charge in [0.05, 0.1) is 10.9 Å². The first-order chi connectivity index (χ1) is 7.43. The van der Waals surface area contributed by atoms with Crippen LogP contribution in [0.5, 0.6) is 5.75 Å². The molecule has 0 aliphatic rings. The molecule has 0 radical (unpaired) electrons. The molecule has 86 valence electrons. The number of carbonyl (C=O) groups is 1. The van der Waals surface area contributed by atoms with Crippen LogP contribution < -0.4 is 10.6 Å². The smallest absolute Gasteiger partial charge is 0.236 e. The first-order valence-electron chi connectivity index (χ1n) is 4.79. The van der Waals surface area contributed by atoms with Gasteiger partial charge in [-0.3, -0.25) is 4.79 Å². The van der Waals surface area contributed by atoms with Gasteiger partial charge in [0.15, 0.2) is 0 Å². The summed E-state index contributed by atoms with van der Waals surface area (Å²) in [6.07, 6.45) is 0. The van der Waals surface area contributed by atoms with E-state index in [2.05, 4.69) is 0 Å². The second-order valence-electron chi connectivity index (χ2n) is 3.54. The first kappa shape index (κ1) is 12.4. The molecule has 0 bridgehead atoms. The van der Waals surface area contributed by atoms with E-state index in [4.69, 9.17) is 18.0 Å². The second-order valence-corrected chi connectivity index (χ2v) is 4.01. The number of thiocarbonyl (C=S) groups is 1. The molecule has 1 aromatic carbocycles. The summed E-state index contributed by atoms with van der Waals surface area (Å²) in [7, 11) is 1.62. The molecule has 0 aliphatic heterocycles. The number of nitrogens with zero attached hydrogens (tertiary/aromatic N) is 1. The van der Waals surface area contributed by atoms with Crippen molar-refractivity contribution >= 4 is 28.8 Å². The van der Waals surface area contributed by atoms with Gasteiger partial charge in [0.1, 0.15) is 5.75 Å². The summed E-state index contributed by atoms with van der Waals surface area (Å²) in [5, 5.41) is 9.30. The molecular formula is C11H14N2O2S. The van der Waals surface area contributed by atoms with Crippen LogP contribution in [0.25, 0.3) is 0 Å². The Morgan fingerprint density at radius 1 is 1.56 bits per heavy atom. The highest BCUT2D eigenvalue weighted by molar-refractivity contribution is 7.80. The maximum Gasteiger partial charge on any atom is 0.236 e. The molecule has 0 aromatic heterocycles. The quantitative estimate of drug-likeness (QED) is 0.778. The number of anilines is 1. The van der Waals surface area contributed by atoms with Gasteiger partial charge >= 0.3 is 0 Å². The van der Waals surface area contributed by atoms with Crippen LogP contribution >= 0.6 is 12.2 Å². The highest BCUT2D eigenvalue weighted by Gasteiger charge is 2.20. The predicted octanol–water partition coefficient (Wildman–Crippen LogP) is 1.28. The van der Waals surface area contributed by atoms with Crippen molar-refractivity contribution in [2.45, 2.75) is 6.92 Å². The summed E-state index contributed by atoms with van der Waals surface area (Å²) in [6.45, 7) is 1.66. The van der Waals surface area contributed by atoms with Crippen molar-refractivity contribution in [3.63, 3.8) is 0 Å². The molecule has 16 heavy (non-hydrogen) atoms. The maximum absolute atomic E-state index is 11.9. The van der Waals surface area contributed by atoms with Crippen LogP contribution in [0.3, 0.4) is 0 Å². The zero-order valence-electron chi connectivity index (χ0n) is 9.18. The van der Waals surface area contributed by atoms with Gasteiger partial charge in [0.2, 0.25) is 5.91 Å². The third-order valence-electron chi connectivity index (χ3n) is 2.34. The number of aromatic hydroxyl groups is 1. The van der Waals surface area contributed by atoms with Crippen molar-refractivity contribution in [3.05, 3.63) is 24.3 Å². The summed E-state index contributed by atoms with van der Waals surface area (Å²) < 4.78 is 0. The van der Waals surface area contributed by atoms with Crippen molar-refractivity contribution in [2.24, 2.45) is 11.7 Å². The number of hydrogen-bond donors (Lipinski definition) is 2. The monoisotopic (exact) mass is 238 g/mol. The second kappa shape index (κ2) is 4.94. The molecule has 5 heteroatoms. The van der Waals surface area contributed by atoms with Gasteiger partial charge in [-0.1, -0.05) is 18.3 Å². The Hall–Kier alpha value is -1.62. The van der Waals surface area contributed by atoms with Crippen molar-refractivity contribution in [1.82, 2.24) is 0 Å². The van der Waals surface area contributed by atoms with Gasteiger partial charge in [-0.25, -0.2) is 0 Å². The van der Waals surface area contributed by atoms with E-state index in [-0.39, 0.29) is 16.6 Å². The summed E-state index contributed by atoms with van der Waals surface area (Å²) in [5.41, 5.74) is 6.02. The molecule has 0 aliphatic carbocycles. The number of carbonyl (C=O) groups excluding carboxylic acids is 1. The zero-order chi connectivity index (χ0) is 12.3. The highest BCUT2D eigenvalue weighted by atomic mass is 32.1. The lowest BCUT2D eigenvalue weighted by molar-refractivity contribution is -0.119. The summed E-state index contributed by atoms with van der Waals surface area (Å²) >= 11 is 4.77. The Morgan fingerprint density at radius 3 is 2.69 bits per heavy atom. The zero-order valence-corrected chi connectivity index (χ0v) is 9.99. The molecule has 4 nitrogen and oxygen atoms in total. The van der Waals surface area contributed by atoms with E-state index in [0.29, 0.717) is 5.69 Å². The molecular weight excluding hydrogens is 224 g/mol. The summed E-state index contributed by atoms with van der Waals surface area (Å²) in [5.74, 6) is -0.597. The average molecular weight is 238 g/mol. The van der Waals surface area contributed by atoms with Crippen LogP contribution in [0, 0.1) is 5.92 Å². The molecule has 0 fully saturated rings. The molecule has 0 saturated heterocycles. The predicted molar refractivity (Wildman–Crippen MR) is 67.5 cm³/mol. The summed E-state index contributed by atoms with van der Waals surface area (Å²) in [6, 6.07) is 6.44. The topological polar surface area (TPSA) is 66.6 Å². The Balaban J connectivity index is 2.90. The number of nitrogens with two attached hydrogens (primary N) is 1. The van der Waals surface area contributed by atoms with Crippen LogP contribution in [-0.2, 0) is 4.79 Å². The van der Waals surface area contributed by atoms with Crippen LogP contribution in [0.4, 0.5) is 5.69 Å². The van der Waals surface area contributed by atoms with E-state index in [9.17, 15) is 9.90 Å². The molecule has 1 aromatic rings. The number of rotatable bonds is 3. The van der Waals surface area contributed by atoms with Crippen LogP contribution in [0.15, 0.2) is 24.3 Å². The molecule has 1 unspecified atom stereocenters. The van der Waals surface area contributed by atoms with E-state index >= 15 is 0 Å². The number of phenolic OH excluding ortho intramolecular Hbond substituents is 1. The number of benzene rings is 1. The maximum atomic E-state index is 11.9. The number of hydrogen-bond acceptors (Lipinski definition) is 3. The Bertz CT molecular complexity index is 420. The van der Waals surface area contributed by atoms with E-state index < -0.39 is 5.92 Å². The van der Waals surface area contributed by atoms with Crippen molar-refractivity contribution < 1.29 is 9.90 Å². The van der Waals surface area contributed by atoms with Crippen LogP contribution in [0.1, 0.15) is 6.92 Å². The Labute approximate surface area is 99.7 Å². The van der Waals surface area contributed by atoms with Crippen LogP contribution in [0.2, 0.25) is 0 Å². The highest BCUT2D eigenvalue weighted by Crippen LogP contribution is 2.20. The standard InChI is InChI=1S/C11H14N2O2S/c1-7(10(12)16)11(15)13(2)8-4-3-5-9(14)6-8/h3-7,14H,1-2H3,(H2,12,16). The Kier molecular flexibility index (Phi) is 3.84. The normalized spacial score (nSPS) is 11.9. The third-order valence-corrected chi connectivity index (χ3v) is 2.70. The molecule has 1 amide bonds. The Morgan fingerprint density at radius 2 is 2.19 bits per heavy atom. The van der Waals surface area contributed by atoms with Crippen LogP contribution in [-0.4, -0.2) is 23.0 Å². The van der Waals surface area contributed by atoms with Gasteiger partial charge in [0, 0.05) is 18.8 Å². The van der Waals surface area contributed by atoms with Gasteiger partial charge in [0.25, 0.3) is 0 Å². The lowest BCUT2D eigenvalue weighted by Gasteiger charge is -2.20. The fourth-order valence-electron chi connectivity index (χ4n) is 1.24. The van der Waals surface area contributed by atoms with Crippen molar-refractivity contribution in [2.75, 3.05) is 11.9 Å². The number of phenols is 1. The molecule has 0 spiro atoms. The van der Waals surface area contributed by atoms with E-state index in [0.717, 1.165) is 0 Å². The minimum Gasteiger partial charge on any atom is -0.508 e. The third kappa shape index (κ3) is 2.70. The van der Waals surface area contributed by atoms with E-state index in [1.807, 2.05) is 0 Å². The average Bonchev–Trinajstić information content (AvgIpc) is 2.26. The van der Waals surface area contributed by atoms with Gasteiger partial charge in [-0.15, -0.1) is 0 Å². The fraction of sp³-hybridized carbons (Fsp3) is 0.273. The van der Waals surface area contributed by atoms with Gasteiger partial charge in [-0.2, -0.15) is 0 Å². The molecule has 1 atom stereocenters. The molecule has 3 N–H and O–H groups in total. The van der Waals surface area contributed by atoms with Crippen molar-refractivity contribution in [1.29, 1.82) is 0 Å². The molecule has 0 saturated carbocycles. The number of amides is 1. The SMILES string of the molecule is CC(C(=O)N(C)c1cccc(O)c1)C(N)=S. The minimum atomic E-state index is -0.512. The van der Waals surface area contributed by atoms with Crippen molar-refractivity contribution in [3.8, 4) is 5.75 Å². The fourth-order valence-corrected chi connectivity index (χ4v) is 1.34. The lowest BCUT2D eigenvalue weighted by atomic mass is 10.1.